The lowest BCUT2D eigenvalue weighted by Crippen LogP contribution is -2.42. The molecule has 0 radical (unpaired) electrons. The number of hydrogen-bond acceptors (Lipinski definition) is 11. The summed E-state index contributed by atoms with van der Waals surface area (Å²) in [6.45, 7) is 4.51. The average molecular weight is 800 g/mol. The third-order valence-corrected chi connectivity index (χ3v) is 8.33. The van der Waals surface area contributed by atoms with Gasteiger partial charge < -0.3 is 30.1 Å². The topological polar surface area (TPSA) is 203 Å². The molecule has 0 aromatic heterocycles. The molecule has 58 heavy (non-hydrogen) atoms. The van der Waals surface area contributed by atoms with Crippen LogP contribution < -0.4 is 25.6 Å². The lowest BCUT2D eigenvalue weighted by Gasteiger charge is -2.23. The van der Waals surface area contributed by atoms with Gasteiger partial charge >= 0.3 is 6.09 Å². The van der Waals surface area contributed by atoms with Gasteiger partial charge in [-0.15, -0.1) is 0 Å². The van der Waals surface area contributed by atoms with E-state index < -0.39 is 59.6 Å². The molecule has 15 nitrogen and oxygen atoms in total. The molecule has 1 unspecified atom stereocenters. The van der Waals surface area contributed by atoms with Crippen molar-refractivity contribution >= 4 is 40.5 Å². The quantitative estimate of drug-likeness (QED) is 0.0237. The zero-order valence-electron chi connectivity index (χ0n) is 32.9. The van der Waals surface area contributed by atoms with Gasteiger partial charge in [-0.1, -0.05) is 23.3 Å². The van der Waals surface area contributed by atoms with Crippen LogP contribution in [0, 0.1) is 11.6 Å². The highest BCUT2D eigenvalue weighted by Crippen LogP contribution is 2.25. The van der Waals surface area contributed by atoms with Crippen molar-refractivity contribution in [3.05, 3.63) is 124 Å². The van der Waals surface area contributed by atoms with E-state index >= 15 is 8.78 Å². The highest BCUT2D eigenvalue weighted by atomic mass is 19.1. The Morgan fingerprint density at radius 3 is 2.12 bits per heavy atom. The Morgan fingerprint density at radius 1 is 0.879 bits per heavy atom. The van der Waals surface area contributed by atoms with Crippen LogP contribution in [-0.2, 0) is 16.1 Å². The summed E-state index contributed by atoms with van der Waals surface area (Å²) in [5, 5.41) is 30.9. The number of benzene rings is 4. The average Bonchev–Trinajstić information content (AvgIpc) is 3.18. The summed E-state index contributed by atoms with van der Waals surface area (Å²) >= 11 is 0. The number of nitrogens with one attached hydrogen (secondary N) is 3. The number of halogens is 2. The Balaban J connectivity index is 1.33. The summed E-state index contributed by atoms with van der Waals surface area (Å²) in [5.41, 5.74) is 11.3. The summed E-state index contributed by atoms with van der Waals surface area (Å²) in [4.78, 5) is 42.9. The first kappa shape index (κ1) is 44.3. The van der Waals surface area contributed by atoms with E-state index in [1.807, 2.05) is 43.3 Å². The number of alkyl carbamates (subject to hydrolysis) is 1. The standard InChI is InChI=1S/C41H47F2N9O6/c1-41(2,3)58-40(56)45-20-7-6-11-35(47-39(55)28-9-8-10-31(23-28)50-51-44)36(53)25-57-37-33(42)21-26(22-34(37)43)24-46-38(54)27-12-14-29(15-13-27)48-49-30-16-18-32(19-17-30)52(4)5/h8-10,12-19,21-23,35,39,47,55H,6-7,11,20,24-25H2,1-5H3,(H,45,56)(H,46,54)/t35-,39?/m0/s1. The highest BCUT2D eigenvalue weighted by molar-refractivity contribution is 5.94. The van der Waals surface area contributed by atoms with Gasteiger partial charge in [0.2, 0.25) is 0 Å². The maximum Gasteiger partial charge on any atom is 0.407 e. The van der Waals surface area contributed by atoms with Crippen molar-refractivity contribution in [2.45, 2.75) is 64.4 Å². The third kappa shape index (κ3) is 14.3. The smallest absolute Gasteiger partial charge is 0.407 e. The minimum Gasteiger partial charge on any atom is -0.480 e. The molecule has 17 heteroatoms. The molecule has 0 aliphatic rings. The number of carbonyl (C=O) groups is 3. The normalized spacial score (nSPS) is 12.3. The van der Waals surface area contributed by atoms with Crippen molar-refractivity contribution in [2.75, 3.05) is 32.1 Å². The molecule has 4 N–H and O–H groups in total. The van der Waals surface area contributed by atoms with Crippen LogP contribution in [0.25, 0.3) is 10.4 Å². The Morgan fingerprint density at radius 2 is 1.52 bits per heavy atom. The Bertz CT molecular complexity index is 2080. The van der Waals surface area contributed by atoms with Gasteiger partial charge in [-0.05, 0) is 123 Å². The fourth-order valence-corrected chi connectivity index (χ4v) is 5.40. The molecular formula is C41H47F2N9O6. The monoisotopic (exact) mass is 799 g/mol. The number of ether oxygens (including phenoxy) is 2. The number of Topliss-reactive ketones (excluding diaryl/α,β-unsaturated/α-hetero) is 1. The first-order valence-electron chi connectivity index (χ1n) is 18.4. The highest BCUT2D eigenvalue weighted by Gasteiger charge is 2.24. The van der Waals surface area contributed by atoms with Crippen LogP contribution in [-0.4, -0.2) is 61.8 Å². The van der Waals surface area contributed by atoms with Crippen molar-refractivity contribution in [1.29, 1.82) is 0 Å². The van der Waals surface area contributed by atoms with Crippen LogP contribution in [0.2, 0.25) is 0 Å². The van der Waals surface area contributed by atoms with Crippen molar-refractivity contribution in [3.63, 3.8) is 0 Å². The minimum atomic E-state index is -1.38. The summed E-state index contributed by atoms with van der Waals surface area (Å²) in [6, 6.07) is 20.9. The predicted molar refractivity (Wildman–Crippen MR) is 215 cm³/mol. The fourth-order valence-electron chi connectivity index (χ4n) is 5.40. The molecule has 4 aromatic carbocycles. The Labute approximate surface area is 335 Å². The largest absolute Gasteiger partial charge is 0.480 e. The lowest BCUT2D eigenvalue weighted by atomic mass is 10.0. The van der Waals surface area contributed by atoms with Crippen molar-refractivity contribution in [1.82, 2.24) is 16.0 Å². The van der Waals surface area contributed by atoms with E-state index in [-0.39, 0.29) is 30.8 Å². The van der Waals surface area contributed by atoms with E-state index in [1.165, 1.54) is 12.1 Å². The second-order valence-corrected chi connectivity index (χ2v) is 14.3. The summed E-state index contributed by atoms with van der Waals surface area (Å²) < 4.78 is 40.8. The molecular weight excluding hydrogens is 753 g/mol. The second kappa shape index (κ2) is 21.2. The summed E-state index contributed by atoms with van der Waals surface area (Å²) in [7, 11) is 3.88. The fraction of sp³-hybridized carbons (Fsp3) is 0.341. The van der Waals surface area contributed by atoms with Crippen LogP contribution in [0.5, 0.6) is 5.75 Å². The molecule has 306 valence electrons. The lowest BCUT2D eigenvalue weighted by molar-refractivity contribution is -0.124. The van der Waals surface area contributed by atoms with Gasteiger partial charge in [0.05, 0.1) is 17.4 Å². The molecule has 0 aliphatic heterocycles. The molecule has 2 amide bonds. The first-order chi connectivity index (χ1) is 27.6. The summed E-state index contributed by atoms with van der Waals surface area (Å²) in [6.07, 6.45) is -0.971. The minimum absolute atomic E-state index is 0.110. The van der Waals surface area contributed by atoms with Gasteiger partial charge in [0.1, 0.15) is 18.4 Å². The SMILES string of the molecule is CN(C)c1ccc(N=Nc2ccc(C(=O)NCc3cc(F)c(OCC(=O)[C@H](CCCCNC(=O)OC(C)(C)C)NC(O)c4cccc(N=[N+]=[N-])c4)c(F)c3)cc2)cc1. The van der Waals surface area contributed by atoms with Crippen molar-refractivity contribution < 1.29 is 37.7 Å². The zero-order chi connectivity index (χ0) is 42.2. The van der Waals surface area contributed by atoms with Gasteiger partial charge in [0.25, 0.3) is 5.91 Å². The van der Waals surface area contributed by atoms with E-state index in [0.717, 1.165) is 17.8 Å². The number of aliphatic hydroxyl groups excluding tert-OH is 1. The van der Waals surface area contributed by atoms with Gasteiger partial charge in [-0.3, -0.25) is 14.9 Å². The third-order valence-electron chi connectivity index (χ3n) is 8.33. The first-order valence-corrected chi connectivity index (χ1v) is 18.4. The Hall–Kier alpha value is -6.42. The predicted octanol–water partition coefficient (Wildman–Crippen LogP) is 8.61. The molecule has 0 bridgehead atoms. The van der Waals surface area contributed by atoms with Crippen LogP contribution in [0.4, 0.5) is 36.3 Å². The van der Waals surface area contributed by atoms with Crippen LogP contribution >= 0.6 is 0 Å². The van der Waals surface area contributed by atoms with Gasteiger partial charge in [-0.25, -0.2) is 13.6 Å². The zero-order valence-corrected chi connectivity index (χ0v) is 32.9. The van der Waals surface area contributed by atoms with E-state index in [2.05, 4.69) is 36.2 Å². The number of rotatable bonds is 19. The van der Waals surface area contributed by atoms with Crippen molar-refractivity contribution in [2.24, 2.45) is 15.3 Å². The molecule has 0 spiro atoms. The number of azide groups is 1. The van der Waals surface area contributed by atoms with E-state index in [9.17, 15) is 19.5 Å². The number of azo groups is 1. The van der Waals surface area contributed by atoms with Crippen LogP contribution in [0.1, 0.15) is 67.7 Å². The van der Waals surface area contributed by atoms with E-state index in [0.29, 0.717) is 35.3 Å². The number of carbonyl (C=O) groups excluding carboxylic acids is 3. The maximum atomic E-state index is 15.1. The van der Waals surface area contributed by atoms with Crippen LogP contribution in [0.15, 0.2) is 100 Å². The molecule has 0 saturated heterocycles. The molecule has 0 heterocycles. The number of hydrogen-bond donors (Lipinski definition) is 4. The van der Waals surface area contributed by atoms with Gasteiger partial charge in [0, 0.05) is 49.0 Å². The van der Waals surface area contributed by atoms with E-state index in [1.54, 1.807) is 57.2 Å². The van der Waals surface area contributed by atoms with Gasteiger partial charge in [0.15, 0.2) is 23.2 Å². The van der Waals surface area contributed by atoms with E-state index in [4.69, 9.17) is 15.0 Å². The number of unbranched alkanes of at least 4 members (excludes halogenated alkanes) is 1. The molecule has 4 aromatic rings. The number of nitrogens with zero attached hydrogens (tertiary/aromatic N) is 6. The molecule has 4 rings (SSSR count). The Kier molecular flexibility index (Phi) is 16.2. The van der Waals surface area contributed by atoms with Crippen LogP contribution in [0.3, 0.4) is 0 Å². The molecule has 0 fully saturated rings. The molecule has 2 atom stereocenters. The number of amides is 2. The van der Waals surface area contributed by atoms with Crippen molar-refractivity contribution in [3.8, 4) is 5.75 Å². The molecule has 0 saturated carbocycles. The second-order valence-electron chi connectivity index (χ2n) is 14.3. The maximum absolute atomic E-state index is 15.1. The number of ketones is 1. The molecule has 0 aliphatic carbocycles. The number of aliphatic hydroxyl groups is 1. The van der Waals surface area contributed by atoms with Gasteiger partial charge in [-0.2, -0.15) is 10.2 Å². The number of anilines is 1. The summed E-state index contributed by atoms with van der Waals surface area (Å²) in [5.74, 6) is -4.07.